The number of halogens is 2. The molecule has 0 saturated carbocycles. The van der Waals surface area contributed by atoms with Gasteiger partial charge in [0.1, 0.15) is 0 Å². The molecule has 0 amide bonds. The van der Waals surface area contributed by atoms with Gasteiger partial charge >= 0.3 is 0 Å². The summed E-state index contributed by atoms with van der Waals surface area (Å²) in [6.07, 6.45) is 1.10. The Morgan fingerprint density at radius 1 is 1.64 bits per heavy atom. The van der Waals surface area contributed by atoms with Gasteiger partial charge in [-0.1, -0.05) is 23.2 Å². The lowest BCUT2D eigenvalue weighted by molar-refractivity contribution is -0.384. The Morgan fingerprint density at radius 3 is 2.57 bits per heavy atom. The smallest absolute Gasteiger partial charge is 0.287 e. The highest BCUT2D eigenvalue weighted by Gasteiger charge is 2.30. The van der Waals surface area contributed by atoms with Crippen LogP contribution in [0, 0.1) is 10.1 Å². The topological polar surface area (TPSA) is 76.0 Å². The van der Waals surface area contributed by atoms with Crippen LogP contribution in [-0.2, 0) is 0 Å². The van der Waals surface area contributed by atoms with Gasteiger partial charge in [-0.25, -0.2) is 0 Å². The fourth-order valence-electron chi connectivity index (χ4n) is 0.856. The predicted molar refractivity (Wildman–Crippen MR) is 51.9 cm³/mol. The number of hydrogen-bond acceptors (Lipinski definition) is 3. The van der Waals surface area contributed by atoms with Crippen LogP contribution < -0.4 is 0 Å². The van der Waals surface area contributed by atoms with Crippen molar-refractivity contribution < 1.29 is 9.72 Å². The molecule has 76 valence electrons. The van der Waals surface area contributed by atoms with Crippen molar-refractivity contribution in [1.29, 1.82) is 0 Å². The number of Topliss-reactive ketones (excluding diaryl/α,β-unsaturated/α-hetero) is 1. The minimum atomic E-state index is -1.58. The van der Waals surface area contributed by atoms with Crippen LogP contribution in [0.5, 0.6) is 0 Å². The van der Waals surface area contributed by atoms with Gasteiger partial charge in [0.05, 0.1) is 16.8 Å². The highest BCUT2D eigenvalue weighted by molar-refractivity contribution is 6.59. The lowest BCUT2D eigenvalue weighted by Crippen LogP contribution is -2.21. The number of ketones is 1. The number of nitrogens with one attached hydrogen (secondary N) is 1. The third-order valence-electron chi connectivity index (χ3n) is 1.52. The first-order valence-electron chi connectivity index (χ1n) is 3.58. The van der Waals surface area contributed by atoms with Crippen molar-refractivity contribution in [2.24, 2.45) is 0 Å². The van der Waals surface area contributed by atoms with Crippen molar-refractivity contribution in [2.75, 3.05) is 0 Å². The van der Waals surface area contributed by atoms with Crippen molar-refractivity contribution in [1.82, 2.24) is 4.98 Å². The Bertz CT molecular complexity index is 381. The number of carbonyl (C=O) groups excluding carboxylic acids is 1. The summed E-state index contributed by atoms with van der Waals surface area (Å²) in [6.45, 7) is 1.30. The van der Waals surface area contributed by atoms with Gasteiger partial charge in [0, 0.05) is 6.07 Å². The number of carbonyl (C=O) groups is 1. The molecule has 0 radical (unpaired) electrons. The van der Waals surface area contributed by atoms with Gasteiger partial charge in [0.25, 0.3) is 5.69 Å². The fraction of sp³-hybridized carbons (Fsp3) is 0.286. The number of hydrogen-bond donors (Lipinski definition) is 1. The summed E-state index contributed by atoms with van der Waals surface area (Å²) in [4.78, 5) is 23.5. The highest BCUT2D eigenvalue weighted by Crippen LogP contribution is 2.26. The lowest BCUT2D eigenvalue weighted by atomic mass is 10.2. The molecule has 0 aliphatic carbocycles. The standard InChI is InChI=1S/C7H6Cl2N2O3/c1-7(8,9)6(12)5-2-4(3-10-5)11(13)14/h2-3,10H,1H3. The van der Waals surface area contributed by atoms with Crippen molar-refractivity contribution in [3.8, 4) is 0 Å². The highest BCUT2D eigenvalue weighted by atomic mass is 35.5. The molecule has 1 rings (SSSR count). The maximum absolute atomic E-state index is 11.4. The lowest BCUT2D eigenvalue weighted by Gasteiger charge is -2.08. The monoisotopic (exact) mass is 236 g/mol. The number of alkyl halides is 2. The molecule has 7 heteroatoms. The summed E-state index contributed by atoms with van der Waals surface area (Å²) in [5.74, 6) is -0.603. The molecule has 1 heterocycles. The Morgan fingerprint density at radius 2 is 2.21 bits per heavy atom. The quantitative estimate of drug-likeness (QED) is 0.379. The van der Waals surface area contributed by atoms with Gasteiger partial charge in [-0.2, -0.15) is 0 Å². The summed E-state index contributed by atoms with van der Waals surface area (Å²) in [7, 11) is 0. The Kier molecular flexibility index (Phi) is 2.82. The second-order valence-electron chi connectivity index (χ2n) is 2.75. The van der Waals surface area contributed by atoms with Crippen molar-refractivity contribution >= 4 is 34.7 Å². The summed E-state index contributed by atoms with van der Waals surface area (Å²) in [5.41, 5.74) is -0.185. The molecule has 1 aromatic heterocycles. The van der Waals surface area contributed by atoms with Crippen LogP contribution in [0.25, 0.3) is 0 Å². The van der Waals surface area contributed by atoms with Gasteiger partial charge in [0.2, 0.25) is 5.78 Å². The molecule has 0 atom stereocenters. The third kappa shape index (κ3) is 2.24. The molecule has 0 saturated heterocycles. The van der Waals surface area contributed by atoms with Crippen LogP contribution >= 0.6 is 23.2 Å². The average Bonchev–Trinajstić information content (AvgIpc) is 2.48. The molecule has 5 nitrogen and oxygen atoms in total. The minimum absolute atomic E-state index is 0.0178. The Balaban J connectivity index is 2.99. The van der Waals surface area contributed by atoms with Gasteiger partial charge < -0.3 is 4.98 Å². The van der Waals surface area contributed by atoms with Gasteiger partial charge in [-0.15, -0.1) is 0 Å². The summed E-state index contributed by atoms with van der Waals surface area (Å²) < 4.78 is -1.58. The first kappa shape index (κ1) is 11.0. The average molecular weight is 237 g/mol. The number of nitro groups is 1. The van der Waals surface area contributed by atoms with Crippen LogP contribution in [0.3, 0.4) is 0 Å². The van der Waals surface area contributed by atoms with E-state index in [0.29, 0.717) is 0 Å². The SMILES string of the molecule is CC(Cl)(Cl)C(=O)c1cc([N+](=O)[O-])c[nH]1. The maximum atomic E-state index is 11.4. The minimum Gasteiger partial charge on any atom is -0.353 e. The van der Waals surface area contributed by atoms with Crippen LogP contribution in [0.1, 0.15) is 17.4 Å². The van der Waals surface area contributed by atoms with E-state index in [1.54, 1.807) is 0 Å². The van der Waals surface area contributed by atoms with Crippen molar-refractivity contribution in [3.05, 3.63) is 28.1 Å². The van der Waals surface area contributed by atoms with E-state index in [1.807, 2.05) is 0 Å². The molecule has 0 aliphatic rings. The molecule has 0 aromatic carbocycles. The Labute approximate surface area is 89.2 Å². The molecular formula is C7H6Cl2N2O3. The fourth-order valence-corrected chi connectivity index (χ4v) is 1.06. The first-order chi connectivity index (χ1) is 6.32. The van der Waals surface area contributed by atoms with Crippen LogP contribution in [0.2, 0.25) is 0 Å². The summed E-state index contributed by atoms with van der Waals surface area (Å²) in [6, 6.07) is 1.09. The third-order valence-corrected chi connectivity index (χ3v) is 1.87. The van der Waals surface area contributed by atoms with Gasteiger partial charge in [0.15, 0.2) is 4.33 Å². The second-order valence-corrected chi connectivity index (χ2v) is 4.45. The number of aromatic nitrogens is 1. The van der Waals surface area contributed by atoms with Crippen LogP contribution in [0.15, 0.2) is 12.3 Å². The van der Waals surface area contributed by atoms with Gasteiger partial charge in [-0.05, 0) is 6.92 Å². The van der Waals surface area contributed by atoms with E-state index in [0.717, 1.165) is 12.3 Å². The van der Waals surface area contributed by atoms with Gasteiger partial charge in [-0.3, -0.25) is 14.9 Å². The van der Waals surface area contributed by atoms with E-state index in [2.05, 4.69) is 4.98 Å². The number of aromatic amines is 1. The van der Waals surface area contributed by atoms with E-state index in [4.69, 9.17) is 23.2 Å². The van der Waals surface area contributed by atoms with Crippen molar-refractivity contribution in [3.63, 3.8) is 0 Å². The molecule has 0 aliphatic heterocycles. The molecule has 1 aromatic rings. The van der Waals surface area contributed by atoms with E-state index >= 15 is 0 Å². The van der Waals surface area contributed by atoms with E-state index in [1.165, 1.54) is 6.92 Å². The van der Waals surface area contributed by atoms with Crippen molar-refractivity contribution in [2.45, 2.75) is 11.3 Å². The molecule has 0 unspecified atom stereocenters. The van der Waals surface area contributed by atoms with E-state index in [9.17, 15) is 14.9 Å². The predicted octanol–water partition coefficient (Wildman–Crippen LogP) is 2.30. The number of H-pyrrole nitrogens is 1. The largest absolute Gasteiger partial charge is 0.353 e. The maximum Gasteiger partial charge on any atom is 0.287 e. The molecule has 0 fully saturated rings. The molecule has 0 bridgehead atoms. The van der Waals surface area contributed by atoms with E-state index < -0.39 is 15.0 Å². The van der Waals surface area contributed by atoms with E-state index in [-0.39, 0.29) is 11.4 Å². The number of rotatable bonds is 3. The zero-order chi connectivity index (χ0) is 10.9. The molecule has 14 heavy (non-hydrogen) atoms. The molecule has 0 spiro atoms. The number of nitrogens with zero attached hydrogens (tertiary/aromatic N) is 1. The second kappa shape index (κ2) is 3.59. The van der Waals surface area contributed by atoms with Crippen LogP contribution in [0.4, 0.5) is 5.69 Å². The summed E-state index contributed by atoms with van der Waals surface area (Å²) >= 11 is 11.1. The van der Waals surface area contributed by atoms with Crippen LogP contribution in [-0.4, -0.2) is 20.0 Å². The zero-order valence-corrected chi connectivity index (χ0v) is 8.59. The first-order valence-corrected chi connectivity index (χ1v) is 4.33. The molecule has 1 N–H and O–H groups in total. The normalized spacial score (nSPS) is 11.4. The summed E-state index contributed by atoms with van der Waals surface area (Å²) in [5, 5.41) is 10.3. The Hall–Kier alpha value is -1.07. The molecular weight excluding hydrogens is 231 g/mol. The zero-order valence-electron chi connectivity index (χ0n) is 7.08.